The van der Waals surface area contributed by atoms with Crippen molar-refractivity contribution in [3.05, 3.63) is 72.9 Å². The fraction of sp³-hybridized carbons (Fsp3) is 0.797. The van der Waals surface area contributed by atoms with Gasteiger partial charge in [-0.2, -0.15) is 0 Å². The molecular formula is C69H128N2O7P+. The first-order chi connectivity index (χ1) is 38.4. The number of phosphoric ester groups is 1. The van der Waals surface area contributed by atoms with Gasteiger partial charge in [0.1, 0.15) is 19.3 Å². The van der Waals surface area contributed by atoms with Gasteiger partial charge in [-0.1, -0.05) is 261 Å². The van der Waals surface area contributed by atoms with E-state index < -0.39 is 20.0 Å². The van der Waals surface area contributed by atoms with Crippen LogP contribution in [0.3, 0.4) is 0 Å². The van der Waals surface area contributed by atoms with Crippen molar-refractivity contribution < 1.29 is 37.3 Å². The molecule has 0 aliphatic rings. The molecule has 0 heterocycles. The van der Waals surface area contributed by atoms with Gasteiger partial charge in [-0.15, -0.1) is 0 Å². The summed E-state index contributed by atoms with van der Waals surface area (Å²) < 4.78 is 30.7. The maximum atomic E-state index is 13.6. The molecule has 0 fully saturated rings. The number of allylic oxidation sites excluding steroid dienone is 11. The lowest BCUT2D eigenvalue weighted by molar-refractivity contribution is -0.870. The Morgan fingerprint density at radius 1 is 0.443 bits per heavy atom. The van der Waals surface area contributed by atoms with Crippen LogP contribution >= 0.6 is 7.82 Å². The van der Waals surface area contributed by atoms with E-state index in [0.717, 1.165) is 77.0 Å². The number of amides is 1. The molecule has 0 aliphatic carbocycles. The van der Waals surface area contributed by atoms with E-state index in [1.54, 1.807) is 0 Å². The summed E-state index contributed by atoms with van der Waals surface area (Å²) >= 11 is 0. The van der Waals surface area contributed by atoms with Crippen molar-refractivity contribution in [2.45, 2.75) is 315 Å². The predicted octanol–water partition coefficient (Wildman–Crippen LogP) is 20.8. The molecule has 0 saturated carbocycles. The molecule has 0 rings (SSSR count). The number of unbranched alkanes of at least 4 members (excludes halogenated alkanes) is 34. The number of phosphoric acid groups is 1. The van der Waals surface area contributed by atoms with E-state index in [1.165, 1.54) is 193 Å². The lowest BCUT2D eigenvalue weighted by Gasteiger charge is -2.27. The standard InChI is InChI=1S/C69H127N2O7P/c1-7-10-13-16-19-22-25-27-29-31-33-34-35-36-38-40-42-44-47-50-53-56-59-62-69(73)78-67(60-57-54-51-48-45-24-21-18-15-12-9-3)66(65-77-79(74,75)76-64-63-71(4,5)6)70-68(72)61-58-55-52-49-46-43-41-39-37-32-30-28-26-23-20-17-14-11-8-2/h19-20,22-23,27-30,33-34,57,60,66-67H,7-18,21,24-26,31-32,35-56,58-59,61-65H2,1-6H3,(H-,70,72,74,75)/p+1/b22-19-,23-20-,29-27-,30-28-,34-33-,60-57+. The third kappa shape index (κ3) is 59.9. The third-order valence-electron chi connectivity index (χ3n) is 14.6. The highest BCUT2D eigenvalue weighted by molar-refractivity contribution is 7.47. The zero-order valence-corrected chi connectivity index (χ0v) is 53.5. The predicted molar refractivity (Wildman–Crippen MR) is 341 cm³/mol. The normalized spacial score (nSPS) is 14.1. The van der Waals surface area contributed by atoms with Crippen molar-refractivity contribution in [3.8, 4) is 0 Å². The zero-order chi connectivity index (χ0) is 57.9. The molecule has 9 nitrogen and oxygen atoms in total. The number of carbonyl (C=O) groups is 2. The summed E-state index contributed by atoms with van der Waals surface area (Å²) in [5, 5.41) is 3.06. The average Bonchev–Trinajstić information content (AvgIpc) is 3.41. The first kappa shape index (κ1) is 76.5. The first-order valence-electron chi connectivity index (χ1n) is 33.3. The third-order valence-corrected chi connectivity index (χ3v) is 15.6. The van der Waals surface area contributed by atoms with Crippen molar-refractivity contribution in [1.82, 2.24) is 5.32 Å². The summed E-state index contributed by atoms with van der Waals surface area (Å²) in [6.45, 7) is 6.97. The van der Waals surface area contributed by atoms with Gasteiger partial charge >= 0.3 is 13.8 Å². The molecule has 79 heavy (non-hydrogen) atoms. The van der Waals surface area contributed by atoms with E-state index in [0.29, 0.717) is 17.4 Å². The summed E-state index contributed by atoms with van der Waals surface area (Å²) in [6, 6.07) is -0.854. The number of likely N-dealkylation sites (N-methyl/N-ethyl adjacent to an activating group) is 1. The van der Waals surface area contributed by atoms with E-state index >= 15 is 0 Å². The van der Waals surface area contributed by atoms with E-state index in [9.17, 15) is 19.0 Å². The molecule has 0 spiro atoms. The highest BCUT2D eigenvalue weighted by Crippen LogP contribution is 2.43. The molecule has 3 unspecified atom stereocenters. The Morgan fingerprint density at radius 2 is 0.772 bits per heavy atom. The SMILES string of the molecule is CCCCC/C=C\C/C=C\C/C=C\CCCCCCCCCCCCC(=O)OC(/C=C/CCCCCCCCCCC)C(COP(=O)(O)OCC[N+](C)(C)C)NC(=O)CCCCCCCCCCC/C=C\C/C=C\CCCCC. The quantitative estimate of drug-likeness (QED) is 0.0205. The highest BCUT2D eigenvalue weighted by Gasteiger charge is 2.30. The average molecular weight is 1130 g/mol. The molecule has 460 valence electrons. The molecule has 3 atom stereocenters. The summed E-state index contributed by atoms with van der Waals surface area (Å²) in [4.78, 5) is 37.8. The largest absolute Gasteiger partial charge is 0.472 e. The topological polar surface area (TPSA) is 111 Å². The van der Waals surface area contributed by atoms with Crippen LogP contribution in [0.5, 0.6) is 0 Å². The smallest absolute Gasteiger partial charge is 0.456 e. The molecule has 0 bridgehead atoms. The molecule has 0 aromatic rings. The minimum Gasteiger partial charge on any atom is -0.456 e. The number of nitrogens with zero attached hydrogens (tertiary/aromatic N) is 1. The van der Waals surface area contributed by atoms with Gasteiger partial charge in [0.05, 0.1) is 33.8 Å². The molecule has 0 aliphatic heterocycles. The van der Waals surface area contributed by atoms with Gasteiger partial charge in [0.15, 0.2) is 0 Å². The second-order valence-corrected chi connectivity index (χ2v) is 25.1. The molecule has 0 saturated heterocycles. The van der Waals surface area contributed by atoms with E-state index in [1.807, 2.05) is 33.3 Å². The van der Waals surface area contributed by atoms with Crippen molar-refractivity contribution in [3.63, 3.8) is 0 Å². The monoisotopic (exact) mass is 1130 g/mol. The van der Waals surface area contributed by atoms with Gasteiger partial charge in [0.25, 0.3) is 0 Å². The van der Waals surface area contributed by atoms with Gasteiger partial charge < -0.3 is 19.4 Å². The van der Waals surface area contributed by atoms with Crippen LogP contribution in [-0.2, 0) is 27.9 Å². The second kappa shape index (κ2) is 58.6. The van der Waals surface area contributed by atoms with Crippen molar-refractivity contribution in [2.75, 3.05) is 40.9 Å². The Balaban J connectivity index is 5.13. The highest BCUT2D eigenvalue weighted by atomic mass is 31.2. The summed E-state index contributed by atoms with van der Waals surface area (Å²) in [5.41, 5.74) is 0. The number of quaternary nitrogens is 1. The zero-order valence-electron chi connectivity index (χ0n) is 52.6. The molecule has 10 heteroatoms. The van der Waals surface area contributed by atoms with Crippen LogP contribution in [0.1, 0.15) is 303 Å². The minimum atomic E-state index is -4.45. The van der Waals surface area contributed by atoms with Crippen LogP contribution in [-0.4, -0.2) is 74.3 Å². The van der Waals surface area contributed by atoms with Crippen molar-refractivity contribution in [2.24, 2.45) is 0 Å². The molecule has 2 N–H and O–H groups in total. The second-order valence-electron chi connectivity index (χ2n) is 23.6. The van der Waals surface area contributed by atoms with Gasteiger partial charge in [-0.3, -0.25) is 18.6 Å². The fourth-order valence-electron chi connectivity index (χ4n) is 9.45. The van der Waals surface area contributed by atoms with Crippen LogP contribution < -0.4 is 5.32 Å². The van der Waals surface area contributed by atoms with E-state index in [2.05, 4.69) is 86.8 Å². The lowest BCUT2D eigenvalue weighted by Crippen LogP contribution is -2.47. The Kier molecular flexibility index (Phi) is 56.7. The summed E-state index contributed by atoms with van der Waals surface area (Å²) in [7, 11) is 1.49. The lowest BCUT2D eigenvalue weighted by atomic mass is 10.0. The van der Waals surface area contributed by atoms with Crippen LogP contribution in [0.4, 0.5) is 0 Å². The van der Waals surface area contributed by atoms with Crippen LogP contribution in [0, 0.1) is 0 Å². The number of carbonyl (C=O) groups excluding carboxylic acids is 2. The molecular weight excluding hydrogens is 1000 g/mol. The maximum Gasteiger partial charge on any atom is 0.472 e. The summed E-state index contributed by atoms with van der Waals surface area (Å²) in [5.74, 6) is -0.509. The molecule has 0 radical (unpaired) electrons. The molecule has 0 aromatic carbocycles. The molecule has 0 aromatic heterocycles. The molecule has 1 amide bonds. The van der Waals surface area contributed by atoms with Crippen LogP contribution in [0.25, 0.3) is 0 Å². The van der Waals surface area contributed by atoms with Gasteiger partial charge in [0.2, 0.25) is 5.91 Å². The van der Waals surface area contributed by atoms with Gasteiger partial charge in [-0.25, -0.2) is 4.57 Å². The maximum absolute atomic E-state index is 13.6. The number of hydrogen-bond donors (Lipinski definition) is 2. The Hall–Kier alpha value is -2.55. The van der Waals surface area contributed by atoms with Gasteiger partial charge in [-0.05, 0) is 102 Å². The number of rotatable bonds is 60. The Morgan fingerprint density at radius 3 is 1.18 bits per heavy atom. The van der Waals surface area contributed by atoms with Crippen molar-refractivity contribution >= 4 is 19.7 Å². The first-order valence-corrected chi connectivity index (χ1v) is 34.8. The Bertz CT molecular complexity index is 1580. The summed E-state index contributed by atoms with van der Waals surface area (Å²) in [6.07, 6.45) is 76.1. The minimum absolute atomic E-state index is 0.0370. The van der Waals surface area contributed by atoms with E-state index in [-0.39, 0.29) is 31.5 Å². The number of ether oxygens (including phenoxy) is 1. The van der Waals surface area contributed by atoms with Crippen LogP contribution in [0.15, 0.2) is 72.9 Å². The van der Waals surface area contributed by atoms with Crippen LogP contribution in [0.2, 0.25) is 0 Å². The fourth-order valence-corrected chi connectivity index (χ4v) is 10.2. The van der Waals surface area contributed by atoms with Crippen molar-refractivity contribution in [1.29, 1.82) is 0 Å². The number of nitrogens with one attached hydrogen (secondary N) is 1. The van der Waals surface area contributed by atoms with E-state index in [4.69, 9.17) is 13.8 Å². The number of hydrogen-bond acceptors (Lipinski definition) is 6. The van der Waals surface area contributed by atoms with Gasteiger partial charge in [0, 0.05) is 12.8 Å². The Labute approximate surface area is 489 Å². The number of esters is 1.